The topological polar surface area (TPSA) is 65.5 Å². The molecule has 0 radical (unpaired) electrons. The highest BCUT2D eigenvalue weighted by atomic mass is 16.2. The number of anilines is 2. The number of imide groups is 1. The number of carbonyl (C=O) groups excluding carboxylic acids is 2. The molecule has 2 aromatic rings. The fraction of sp³-hybridized carbons (Fsp3) is 0.458. The number of rotatable bonds is 5. The van der Waals surface area contributed by atoms with Gasteiger partial charge in [-0.25, -0.2) is 14.7 Å². The van der Waals surface area contributed by atoms with Gasteiger partial charge >= 0.3 is 6.03 Å². The number of amides is 3. The Morgan fingerprint density at radius 3 is 2.37 bits per heavy atom. The predicted octanol–water partition coefficient (Wildman–Crippen LogP) is 4.70. The van der Waals surface area contributed by atoms with Crippen LogP contribution in [0.3, 0.4) is 0 Å². The van der Waals surface area contributed by atoms with E-state index in [0.717, 1.165) is 16.9 Å². The first-order valence-electron chi connectivity index (χ1n) is 10.6. The normalized spacial score (nSPS) is 18.8. The minimum absolute atomic E-state index is 0.0103. The van der Waals surface area contributed by atoms with Gasteiger partial charge in [0.15, 0.2) is 0 Å². The van der Waals surface area contributed by atoms with Gasteiger partial charge in [0.25, 0.3) is 5.91 Å². The van der Waals surface area contributed by atoms with Crippen LogP contribution in [0.1, 0.15) is 58.6 Å². The maximum absolute atomic E-state index is 13.3. The van der Waals surface area contributed by atoms with Gasteiger partial charge in [0.2, 0.25) is 0 Å². The van der Waals surface area contributed by atoms with E-state index in [1.807, 2.05) is 36.4 Å². The summed E-state index contributed by atoms with van der Waals surface area (Å²) in [5, 5.41) is 3.38. The van der Waals surface area contributed by atoms with Crippen molar-refractivity contribution in [2.75, 3.05) is 10.2 Å². The van der Waals surface area contributed by atoms with E-state index in [1.165, 1.54) is 17.7 Å². The third kappa shape index (κ3) is 3.78. The van der Waals surface area contributed by atoms with Crippen LogP contribution in [0.25, 0.3) is 0 Å². The number of pyridine rings is 1. The Morgan fingerprint density at radius 2 is 1.77 bits per heavy atom. The van der Waals surface area contributed by atoms with Crippen LogP contribution in [0.15, 0.2) is 42.6 Å². The largest absolute Gasteiger partial charge is 0.367 e. The lowest BCUT2D eigenvalue weighted by Crippen LogP contribution is -2.43. The van der Waals surface area contributed by atoms with E-state index in [1.54, 1.807) is 24.9 Å². The summed E-state index contributed by atoms with van der Waals surface area (Å²) in [7, 11) is 0. The molecule has 0 bridgehead atoms. The molecule has 2 aliphatic rings. The maximum atomic E-state index is 13.3. The molecule has 1 aliphatic carbocycles. The van der Waals surface area contributed by atoms with Gasteiger partial charge in [-0.2, -0.15) is 0 Å². The molecule has 0 atom stereocenters. The molecule has 1 aromatic heterocycles. The Bertz CT molecular complexity index is 971. The van der Waals surface area contributed by atoms with Gasteiger partial charge in [-0.1, -0.05) is 32.9 Å². The van der Waals surface area contributed by atoms with Gasteiger partial charge in [-0.15, -0.1) is 0 Å². The van der Waals surface area contributed by atoms with E-state index in [-0.39, 0.29) is 17.4 Å². The molecule has 2 heterocycles. The zero-order valence-electron chi connectivity index (χ0n) is 18.4. The molecule has 1 aliphatic heterocycles. The minimum atomic E-state index is -0.923. The summed E-state index contributed by atoms with van der Waals surface area (Å²) in [6, 6.07) is 11.8. The number of carbonyl (C=O) groups is 2. The van der Waals surface area contributed by atoms with E-state index in [2.05, 4.69) is 31.1 Å². The quantitative estimate of drug-likeness (QED) is 0.731. The summed E-state index contributed by atoms with van der Waals surface area (Å²) in [4.78, 5) is 33.8. The van der Waals surface area contributed by atoms with Gasteiger partial charge in [-0.3, -0.25) is 4.79 Å². The smallest absolute Gasteiger partial charge is 0.332 e. The van der Waals surface area contributed by atoms with Crippen LogP contribution in [0.4, 0.5) is 16.3 Å². The summed E-state index contributed by atoms with van der Waals surface area (Å²) in [5.74, 6) is 0.613. The van der Waals surface area contributed by atoms with Crippen LogP contribution in [0.5, 0.6) is 0 Å². The van der Waals surface area contributed by atoms with Crippen molar-refractivity contribution in [3.05, 3.63) is 53.7 Å². The third-order valence-corrected chi connectivity index (χ3v) is 5.91. The first-order valence-corrected chi connectivity index (χ1v) is 10.6. The lowest BCUT2D eigenvalue weighted by molar-refractivity contribution is -0.123. The zero-order valence-corrected chi connectivity index (χ0v) is 18.4. The molecule has 0 spiro atoms. The van der Waals surface area contributed by atoms with Crippen molar-refractivity contribution in [1.29, 1.82) is 0 Å². The van der Waals surface area contributed by atoms with Crippen molar-refractivity contribution in [3.8, 4) is 0 Å². The van der Waals surface area contributed by atoms with Crippen molar-refractivity contribution in [3.63, 3.8) is 0 Å². The summed E-state index contributed by atoms with van der Waals surface area (Å²) >= 11 is 0. The number of benzene rings is 1. The first-order chi connectivity index (χ1) is 14.1. The number of aromatic nitrogens is 1. The van der Waals surface area contributed by atoms with Crippen molar-refractivity contribution in [2.24, 2.45) is 0 Å². The monoisotopic (exact) mass is 406 g/mol. The van der Waals surface area contributed by atoms with Crippen molar-refractivity contribution >= 4 is 23.4 Å². The molecule has 0 unspecified atom stereocenters. The molecular weight excluding hydrogens is 376 g/mol. The zero-order chi connectivity index (χ0) is 21.7. The molecule has 6 nitrogen and oxygen atoms in total. The second kappa shape index (κ2) is 7.11. The molecule has 3 amide bonds. The lowest BCUT2D eigenvalue weighted by Gasteiger charge is -2.27. The summed E-state index contributed by atoms with van der Waals surface area (Å²) in [6.45, 7) is 10.4. The molecule has 6 heteroatoms. The standard InChI is InChI=1S/C24H30N4O2/c1-23(2,3)17-6-10-19(11-7-17)28-21(29)24(4,5)27(22(28)30)15-16-12-13-25-20(14-16)26-18-8-9-18/h6-7,10-14,18H,8-9,15H2,1-5H3,(H,25,26). The molecule has 2 fully saturated rings. The molecular formula is C24H30N4O2. The van der Waals surface area contributed by atoms with Gasteiger partial charge in [0.05, 0.1) is 5.69 Å². The van der Waals surface area contributed by atoms with E-state index < -0.39 is 5.54 Å². The van der Waals surface area contributed by atoms with Crippen molar-refractivity contribution < 1.29 is 9.59 Å². The average Bonchev–Trinajstić information content (AvgIpc) is 3.47. The Labute approximate surface area is 178 Å². The molecule has 4 rings (SSSR count). The molecule has 1 saturated carbocycles. The number of hydrogen-bond acceptors (Lipinski definition) is 4. The number of hydrogen-bond donors (Lipinski definition) is 1. The highest BCUT2D eigenvalue weighted by Gasteiger charge is 2.51. The van der Waals surface area contributed by atoms with Crippen LogP contribution in [-0.4, -0.2) is 33.4 Å². The summed E-state index contributed by atoms with van der Waals surface area (Å²) in [5.41, 5.74) is 1.81. The van der Waals surface area contributed by atoms with Crippen LogP contribution in [0.2, 0.25) is 0 Å². The highest BCUT2D eigenvalue weighted by molar-refractivity contribution is 6.22. The Kier molecular flexibility index (Phi) is 4.83. The fourth-order valence-electron chi connectivity index (χ4n) is 3.71. The van der Waals surface area contributed by atoms with Gasteiger partial charge in [0.1, 0.15) is 11.4 Å². The fourth-order valence-corrected chi connectivity index (χ4v) is 3.71. The molecule has 1 aromatic carbocycles. The number of nitrogens with zero attached hydrogens (tertiary/aromatic N) is 3. The van der Waals surface area contributed by atoms with E-state index >= 15 is 0 Å². The minimum Gasteiger partial charge on any atom is -0.367 e. The van der Waals surface area contributed by atoms with Crippen LogP contribution in [-0.2, 0) is 16.8 Å². The second-order valence-electron chi connectivity index (χ2n) is 9.83. The molecule has 1 saturated heterocycles. The van der Waals surface area contributed by atoms with E-state index in [0.29, 0.717) is 18.3 Å². The van der Waals surface area contributed by atoms with Crippen LogP contribution in [0, 0.1) is 0 Å². The van der Waals surface area contributed by atoms with E-state index in [9.17, 15) is 9.59 Å². The lowest BCUT2D eigenvalue weighted by atomic mass is 9.87. The predicted molar refractivity (Wildman–Crippen MR) is 119 cm³/mol. The summed E-state index contributed by atoms with van der Waals surface area (Å²) < 4.78 is 0. The first kappa shape index (κ1) is 20.4. The summed E-state index contributed by atoms with van der Waals surface area (Å²) in [6.07, 6.45) is 4.08. The third-order valence-electron chi connectivity index (χ3n) is 5.91. The average molecular weight is 407 g/mol. The Hall–Kier alpha value is -2.89. The Morgan fingerprint density at radius 1 is 1.10 bits per heavy atom. The maximum Gasteiger partial charge on any atom is 0.332 e. The molecule has 158 valence electrons. The SMILES string of the molecule is CC(C)(C)c1ccc(N2C(=O)N(Cc3ccnc(NC4CC4)c3)C(C)(C)C2=O)cc1. The number of urea groups is 1. The van der Waals surface area contributed by atoms with Crippen molar-refractivity contribution in [1.82, 2.24) is 9.88 Å². The molecule has 1 N–H and O–H groups in total. The van der Waals surface area contributed by atoms with Gasteiger partial charge in [-0.05, 0) is 67.5 Å². The van der Waals surface area contributed by atoms with Crippen LogP contribution < -0.4 is 10.2 Å². The second-order valence-corrected chi connectivity index (χ2v) is 9.83. The van der Waals surface area contributed by atoms with Crippen molar-refractivity contribution in [2.45, 2.75) is 71.0 Å². The van der Waals surface area contributed by atoms with Gasteiger partial charge < -0.3 is 10.2 Å². The van der Waals surface area contributed by atoms with Gasteiger partial charge in [0, 0.05) is 18.8 Å². The highest BCUT2D eigenvalue weighted by Crippen LogP contribution is 2.34. The number of nitrogens with one attached hydrogen (secondary N) is 1. The Balaban J connectivity index is 1.58. The van der Waals surface area contributed by atoms with E-state index in [4.69, 9.17) is 0 Å². The van der Waals surface area contributed by atoms with Crippen LogP contribution >= 0.6 is 0 Å². The molecule has 30 heavy (non-hydrogen) atoms.